The van der Waals surface area contributed by atoms with Gasteiger partial charge in [0.25, 0.3) is 0 Å². The van der Waals surface area contributed by atoms with Crippen molar-refractivity contribution in [3.05, 3.63) is 34.5 Å². The first-order valence-corrected chi connectivity index (χ1v) is 7.11. The highest BCUT2D eigenvalue weighted by molar-refractivity contribution is 6.32. The third kappa shape index (κ3) is 3.55. The van der Waals surface area contributed by atoms with Gasteiger partial charge in [0.15, 0.2) is 5.82 Å². The second kappa shape index (κ2) is 6.33. The molecule has 2 aromatic heterocycles. The maximum absolute atomic E-state index is 6.31. The molecule has 1 N–H and O–H groups in total. The standard InChI is InChI=1S/C14H20ClN5/c1-9(2)6-16-7-12-5-13(15)14(17-8-12)20-11(4)18-10(3)19-20/h5,8-9,16H,6-7H2,1-4H3. The number of nitrogens with one attached hydrogen (secondary N) is 1. The van der Waals surface area contributed by atoms with Gasteiger partial charge in [0.2, 0.25) is 0 Å². The Kier molecular flexibility index (Phi) is 4.73. The third-order valence-electron chi connectivity index (χ3n) is 2.84. The first-order chi connectivity index (χ1) is 9.47. The molecule has 0 unspecified atom stereocenters. The minimum Gasteiger partial charge on any atom is -0.312 e. The number of aromatic nitrogens is 4. The molecule has 0 saturated heterocycles. The van der Waals surface area contributed by atoms with Crippen molar-refractivity contribution in [2.45, 2.75) is 34.2 Å². The fourth-order valence-electron chi connectivity index (χ4n) is 1.95. The van der Waals surface area contributed by atoms with Gasteiger partial charge in [0.05, 0.1) is 5.02 Å². The number of nitrogens with zero attached hydrogens (tertiary/aromatic N) is 4. The third-order valence-corrected chi connectivity index (χ3v) is 3.11. The molecule has 0 aliphatic carbocycles. The van der Waals surface area contributed by atoms with E-state index >= 15 is 0 Å². The first-order valence-electron chi connectivity index (χ1n) is 6.73. The fraction of sp³-hybridized carbons (Fsp3) is 0.500. The van der Waals surface area contributed by atoms with Crippen LogP contribution in [0.15, 0.2) is 12.3 Å². The van der Waals surface area contributed by atoms with Crippen molar-refractivity contribution in [1.29, 1.82) is 0 Å². The summed E-state index contributed by atoms with van der Waals surface area (Å²) in [6, 6.07) is 1.92. The second-order valence-electron chi connectivity index (χ2n) is 5.29. The lowest BCUT2D eigenvalue weighted by atomic mass is 10.2. The van der Waals surface area contributed by atoms with Gasteiger partial charge >= 0.3 is 0 Å². The molecule has 0 amide bonds. The Labute approximate surface area is 124 Å². The zero-order chi connectivity index (χ0) is 14.7. The molecule has 0 aliphatic heterocycles. The van der Waals surface area contributed by atoms with E-state index in [9.17, 15) is 0 Å². The lowest BCUT2D eigenvalue weighted by Crippen LogP contribution is -2.19. The molecule has 0 radical (unpaired) electrons. The van der Waals surface area contributed by atoms with Crippen LogP contribution in [-0.4, -0.2) is 26.3 Å². The molecule has 2 rings (SSSR count). The van der Waals surface area contributed by atoms with Crippen LogP contribution in [0.25, 0.3) is 5.82 Å². The van der Waals surface area contributed by atoms with E-state index in [0.29, 0.717) is 22.6 Å². The van der Waals surface area contributed by atoms with E-state index in [1.54, 1.807) is 4.68 Å². The molecule has 5 nitrogen and oxygen atoms in total. The van der Waals surface area contributed by atoms with E-state index in [0.717, 1.165) is 24.5 Å². The van der Waals surface area contributed by atoms with E-state index in [1.165, 1.54) is 0 Å². The second-order valence-corrected chi connectivity index (χ2v) is 5.70. The number of hydrogen-bond acceptors (Lipinski definition) is 4. The van der Waals surface area contributed by atoms with E-state index in [2.05, 4.69) is 34.2 Å². The maximum atomic E-state index is 6.31. The Bertz CT molecular complexity index is 591. The summed E-state index contributed by atoms with van der Waals surface area (Å²) in [6.45, 7) is 9.83. The van der Waals surface area contributed by atoms with Gasteiger partial charge in [-0.2, -0.15) is 4.68 Å². The highest BCUT2D eigenvalue weighted by atomic mass is 35.5. The average Bonchev–Trinajstić information content (AvgIpc) is 2.68. The van der Waals surface area contributed by atoms with Gasteiger partial charge in [-0.15, -0.1) is 5.10 Å². The van der Waals surface area contributed by atoms with Crippen LogP contribution in [-0.2, 0) is 6.54 Å². The molecule has 20 heavy (non-hydrogen) atoms. The summed E-state index contributed by atoms with van der Waals surface area (Å²) in [4.78, 5) is 8.67. The van der Waals surface area contributed by atoms with Crippen LogP contribution >= 0.6 is 11.6 Å². The molecular formula is C14H20ClN5. The number of aryl methyl sites for hydroxylation is 2. The largest absolute Gasteiger partial charge is 0.312 e. The van der Waals surface area contributed by atoms with E-state index in [1.807, 2.05) is 26.1 Å². The van der Waals surface area contributed by atoms with Crippen LogP contribution in [0.1, 0.15) is 31.1 Å². The van der Waals surface area contributed by atoms with Gasteiger partial charge in [-0.1, -0.05) is 25.4 Å². The van der Waals surface area contributed by atoms with E-state index < -0.39 is 0 Å². The van der Waals surface area contributed by atoms with Gasteiger partial charge in [-0.05, 0) is 37.9 Å². The summed E-state index contributed by atoms with van der Waals surface area (Å²) in [5.41, 5.74) is 1.06. The van der Waals surface area contributed by atoms with Crippen molar-refractivity contribution < 1.29 is 0 Å². The quantitative estimate of drug-likeness (QED) is 0.921. The number of pyridine rings is 1. The van der Waals surface area contributed by atoms with Crippen LogP contribution in [0.2, 0.25) is 5.02 Å². The van der Waals surface area contributed by atoms with Crippen LogP contribution in [0, 0.1) is 19.8 Å². The molecule has 0 fully saturated rings. The summed E-state index contributed by atoms with van der Waals surface area (Å²) < 4.78 is 1.67. The molecule has 0 aliphatic rings. The van der Waals surface area contributed by atoms with E-state index in [4.69, 9.17) is 11.6 Å². The highest BCUT2D eigenvalue weighted by Gasteiger charge is 2.11. The van der Waals surface area contributed by atoms with E-state index in [-0.39, 0.29) is 0 Å². The Morgan fingerprint density at radius 2 is 2.10 bits per heavy atom. The minimum absolute atomic E-state index is 0.585. The molecule has 0 saturated carbocycles. The molecule has 0 aromatic carbocycles. The van der Waals surface area contributed by atoms with Gasteiger partial charge in [0, 0.05) is 12.7 Å². The van der Waals surface area contributed by atoms with Crippen molar-refractivity contribution in [1.82, 2.24) is 25.1 Å². The molecule has 2 heterocycles. The highest BCUT2D eigenvalue weighted by Crippen LogP contribution is 2.19. The molecule has 2 aromatic rings. The van der Waals surface area contributed by atoms with Crippen LogP contribution < -0.4 is 5.32 Å². The molecule has 0 spiro atoms. The van der Waals surface area contributed by atoms with Crippen molar-refractivity contribution in [2.75, 3.05) is 6.54 Å². The maximum Gasteiger partial charge on any atom is 0.174 e. The first kappa shape index (κ1) is 14.9. The number of hydrogen-bond donors (Lipinski definition) is 1. The molecular weight excluding hydrogens is 274 g/mol. The Balaban J connectivity index is 2.16. The summed E-state index contributed by atoms with van der Waals surface area (Å²) in [6.07, 6.45) is 1.82. The lowest BCUT2D eigenvalue weighted by Gasteiger charge is -2.09. The van der Waals surface area contributed by atoms with Gasteiger partial charge in [-0.25, -0.2) is 9.97 Å². The van der Waals surface area contributed by atoms with Crippen molar-refractivity contribution >= 4 is 11.6 Å². The molecule has 0 atom stereocenters. The van der Waals surface area contributed by atoms with Crippen LogP contribution in [0.5, 0.6) is 0 Å². The van der Waals surface area contributed by atoms with Crippen molar-refractivity contribution in [2.24, 2.45) is 5.92 Å². The summed E-state index contributed by atoms with van der Waals surface area (Å²) in [5.74, 6) is 2.74. The predicted molar refractivity (Wildman–Crippen MR) is 80.2 cm³/mol. The Morgan fingerprint density at radius 1 is 1.35 bits per heavy atom. The Morgan fingerprint density at radius 3 is 2.65 bits per heavy atom. The van der Waals surface area contributed by atoms with Gasteiger partial charge in [-0.3, -0.25) is 0 Å². The zero-order valence-corrected chi connectivity index (χ0v) is 13.1. The monoisotopic (exact) mass is 293 g/mol. The summed E-state index contributed by atoms with van der Waals surface area (Å²) in [5, 5.41) is 8.25. The van der Waals surface area contributed by atoms with Crippen molar-refractivity contribution in [3.8, 4) is 5.82 Å². The van der Waals surface area contributed by atoms with Crippen LogP contribution in [0.3, 0.4) is 0 Å². The normalized spacial score (nSPS) is 11.3. The van der Waals surface area contributed by atoms with Crippen molar-refractivity contribution in [3.63, 3.8) is 0 Å². The average molecular weight is 294 g/mol. The molecule has 6 heteroatoms. The Hall–Kier alpha value is -1.46. The predicted octanol–water partition coefficient (Wildman–Crippen LogP) is 2.68. The van der Waals surface area contributed by atoms with Gasteiger partial charge < -0.3 is 5.32 Å². The smallest absolute Gasteiger partial charge is 0.174 e. The fourth-order valence-corrected chi connectivity index (χ4v) is 2.22. The van der Waals surface area contributed by atoms with Gasteiger partial charge in [0.1, 0.15) is 11.6 Å². The lowest BCUT2D eigenvalue weighted by molar-refractivity contribution is 0.552. The number of halogens is 1. The molecule has 0 bridgehead atoms. The SMILES string of the molecule is Cc1nc(C)n(-c2ncc(CNCC(C)C)cc2Cl)n1. The number of rotatable bonds is 5. The topological polar surface area (TPSA) is 55.6 Å². The summed E-state index contributed by atoms with van der Waals surface area (Å²) >= 11 is 6.31. The zero-order valence-electron chi connectivity index (χ0n) is 12.3. The van der Waals surface area contributed by atoms with Crippen LogP contribution in [0.4, 0.5) is 0 Å². The minimum atomic E-state index is 0.585. The summed E-state index contributed by atoms with van der Waals surface area (Å²) in [7, 11) is 0. The molecule has 108 valence electrons.